The van der Waals surface area contributed by atoms with Crippen LogP contribution in [0.3, 0.4) is 0 Å². The number of hydrogen-bond acceptors (Lipinski definition) is 1. The first-order valence-electron chi connectivity index (χ1n) is 2.51. The molecule has 0 N–H and O–H groups in total. The zero-order valence-electron chi connectivity index (χ0n) is 5.04. The van der Waals surface area contributed by atoms with E-state index >= 15 is 0 Å². The van der Waals surface area contributed by atoms with Crippen LogP contribution in [-0.2, 0) is 4.79 Å². The number of rotatable bonds is 4. The van der Waals surface area contributed by atoms with Crippen molar-refractivity contribution in [1.29, 1.82) is 0 Å². The predicted molar refractivity (Wildman–Crippen MR) is 54.7 cm³/mol. The molecular weight excluding hydrogens is 351 g/mol. The van der Waals surface area contributed by atoms with E-state index < -0.39 is 5.41 Å². The van der Waals surface area contributed by atoms with Gasteiger partial charge in [-0.05, 0) is 11.6 Å². The molecule has 0 saturated carbocycles. The highest BCUT2D eigenvalue weighted by Gasteiger charge is 2.33. The van der Waals surface area contributed by atoms with Crippen LogP contribution >= 0.6 is 59.4 Å². The van der Waals surface area contributed by atoms with E-state index in [9.17, 15) is 4.79 Å². The van der Waals surface area contributed by atoms with Gasteiger partial charge < -0.3 is 0 Å². The lowest BCUT2D eigenvalue weighted by atomic mass is 9.99. The third-order valence-electron chi connectivity index (χ3n) is 1.18. The van der Waals surface area contributed by atoms with Gasteiger partial charge in [-0.3, -0.25) is 4.79 Å². The van der Waals surface area contributed by atoms with Crippen molar-refractivity contribution in [2.45, 2.75) is 0 Å². The SMILES string of the molecule is O=C(Cl)C(CBr)(CBr)CBr. The molecule has 10 heavy (non-hydrogen) atoms. The van der Waals surface area contributed by atoms with Gasteiger partial charge in [-0.25, -0.2) is 0 Å². The van der Waals surface area contributed by atoms with Crippen molar-refractivity contribution in [3.8, 4) is 0 Å². The topological polar surface area (TPSA) is 17.1 Å². The van der Waals surface area contributed by atoms with Crippen LogP contribution in [-0.4, -0.2) is 21.2 Å². The number of carbonyl (C=O) groups is 1. The van der Waals surface area contributed by atoms with Crippen molar-refractivity contribution >= 4 is 64.6 Å². The van der Waals surface area contributed by atoms with Gasteiger partial charge in [0.2, 0.25) is 5.24 Å². The second-order valence-electron chi connectivity index (χ2n) is 1.95. The lowest BCUT2D eigenvalue weighted by Gasteiger charge is -2.21. The van der Waals surface area contributed by atoms with Crippen LogP contribution in [0.15, 0.2) is 0 Å². The summed E-state index contributed by atoms with van der Waals surface area (Å²) in [5, 5.41) is 1.38. The van der Waals surface area contributed by atoms with E-state index in [1.54, 1.807) is 0 Å². The molecule has 0 fully saturated rings. The largest absolute Gasteiger partial charge is 0.281 e. The fourth-order valence-electron chi connectivity index (χ4n) is 0.265. The van der Waals surface area contributed by atoms with Crippen LogP contribution in [0.25, 0.3) is 0 Å². The molecule has 0 saturated heterocycles. The number of carbonyl (C=O) groups excluding carboxylic acids is 1. The molecule has 0 spiro atoms. The molecule has 0 amide bonds. The molecule has 5 heteroatoms. The molecule has 0 rings (SSSR count). The molecule has 0 aromatic rings. The van der Waals surface area contributed by atoms with E-state index in [1.807, 2.05) is 0 Å². The lowest BCUT2D eigenvalue weighted by molar-refractivity contribution is -0.117. The van der Waals surface area contributed by atoms with E-state index in [-0.39, 0.29) is 5.24 Å². The normalized spacial score (nSPS) is 11.6. The minimum absolute atomic E-state index is 0.321. The third kappa shape index (κ3) is 2.47. The Labute approximate surface area is 90.3 Å². The standard InChI is InChI=1S/C5H6Br3ClO/c6-1-5(2-7,3-8)4(9)10/h1-3H2. The van der Waals surface area contributed by atoms with Gasteiger partial charge in [-0.15, -0.1) is 0 Å². The second-order valence-corrected chi connectivity index (χ2v) is 3.98. The van der Waals surface area contributed by atoms with Crippen molar-refractivity contribution in [3.05, 3.63) is 0 Å². The number of hydrogen-bond donors (Lipinski definition) is 0. The molecular formula is C5H6Br3ClO. The molecule has 0 radical (unpaired) electrons. The van der Waals surface area contributed by atoms with Crippen LogP contribution < -0.4 is 0 Å². The zero-order valence-corrected chi connectivity index (χ0v) is 10.6. The first-order valence-corrected chi connectivity index (χ1v) is 6.25. The van der Waals surface area contributed by atoms with Crippen molar-refractivity contribution < 1.29 is 4.79 Å². The fourth-order valence-corrected chi connectivity index (χ4v) is 4.50. The summed E-state index contributed by atoms with van der Waals surface area (Å²) >= 11 is 15.1. The molecule has 60 valence electrons. The Balaban J connectivity index is 4.31. The summed E-state index contributed by atoms with van der Waals surface area (Å²) in [4.78, 5) is 10.8. The predicted octanol–water partition coefficient (Wildman–Crippen LogP) is 2.92. The van der Waals surface area contributed by atoms with E-state index in [1.165, 1.54) is 0 Å². The van der Waals surface area contributed by atoms with Gasteiger partial charge in [-0.2, -0.15) is 0 Å². The Morgan fingerprint density at radius 1 is 1.20 bits per heavy atom. The minimum Gasteiger partial charge on any atom is -0.281 e. The third-order valence-corrected chi connectivity index (χ3v) is 4.81. The average Bonchev–Trinajstić information content (AvgIpc) is 1.92. The minimum atomic E-state index is -0.498. The molecule has 1 nitrogen and oxygen atoms in total. The molecule has 0 aromatic heterocycles. The Bertz CT molecular complexity index is 116. The quantitative estimate of drug-likeness (QED) is 0.559. The van der Waals surface area contributed by atoms with Crippen LogP contribution in [0.4, 0.5) is 0 Å². The van der Waals surface area contributed by atoms with Crippen molar-refractivity contribution in [2.75, 3.05) is 16.0 Å². The summed E-state index contributed by atoms with van der Waals surface area (Å²) in [5.74, 6) is 0. The monoisotopic (exact) mass is 354 g/mol. The maximum atomic E-state index is 10.8. The van der Waals surface area contributed by atoms with Gasteiger partial charge in [0.1, 0.15) is 0 Å². The summed E-state index contributed by atoms with van der Waals surface area (Å²) in [7, 11) is 0. The summed E-state index contributed by atoms with van der Waals surface area (Å²) < 4.78 is 0. The van der Waals surface area contributed by atoms with Crippen LogP contribution in [0.2, 0.25) is 0 Å². The number of halogens is 4. The maximum absolute atomic E-state index is 10.8. The molecule has 0 aromatic carbocycles. The maximum Gasteiger partial charge on any atom is 0.230 e. The lowest BCUT2D eigenvalue weighted by Crippen LogP contribution is -2.33. The Morgan fingerprint density at radius 3 is 1.50 bits per heavy atom. The summed E-state index contributed by atoms with van der Waals surface area (Å²) in [6.07, 6.45) is 0. The molecule has 0 aliphatic rings. The second kappa shape index (κ2) is 5.12. The Morgan fingerprint density at radius 2 is 1.50 bits per heavy atom. The van der Waals surface area contributed by atoms with Gasteiger partial charge in [-0.1, -0.05) is 47.8 Å². The average molecular weight is 357 g/mol. The fraction of sp³-hybridized carbons (Fsp3) is 0.800. The van der Waals surface area contributed by atoms with E-state index in [0.29, 0.717) is 16.0 Å². The molecule has 0 aliphatic heterocycles. The highest BCUT2D eigenvalue weighted by molar-refractivity contribution is 9.10. The van der Waals surface area contributed by atoms with Gasteiger partial charge in [0.15, 0.2) is 0 Å². The highest BCUT2D eigenvalue weighted by Crippen LogP contribution is 2.28. The van der Waals surface area contributed by atoms with Gasteiger partial charge in [0.25, 0.3) is 0 Å². The van der Waals surface area contributed by atoms with Gasteiger partial charge >= 0.3 is 0 Å². The van der Waals surface area contributed by atoms with Crippen LogP contribution in [0.1, 0.15) is 0 Å². The molecule has 0 atom stereocenters. The van der Waals surface area contributed by atoms with E-state index in [2.05, 4.69) is 47.8 Å². The van der Waals surface area contributed by atoms with E-state index in [0.717, 1.165) is 0 Å². The van der Waals surface area contributed by atoms with Gasteiger partial charge in [0, 0.05) is 16.0 Å². The van der Waals surface area contributed by atoms with Crippen molar-refractivity contribution in [3.63, 3.8) is 0 Å². The van der Waals surface area contributed by atoms with Crippen molar-refractivity contribution in [2.24, 2.45) is 5.41 Å². The zero-order chi connectivity index (χ0) is 8.20. The first kappa shape index (κ1) is 11.4. The molecule has 0 heterocycles. The van der Waals surface area contributed by atoms with E-state index in [4.69, 9.17) is 11.6 Å². The summed E-state index contributed by atoms with van der Waals surface area (Å²) in [6.45, 7) is 0. The molecule has 0 aliphatic carbocycles. The van der Waals surface area contributed by atoms with Crippen LogP contribution in [0.5, 0.6) is 0 Å². The smallest absolute Gasteiger partial charge is 0.230 e. The Kier molecular flexibility index (Phi) is 5.83. The molecule has 0 bridgehead atoms. The van der Waals surface area contributed by atoms with Crippen LogP contribution in [0, 0.1) is 5.41 Å². The molecule has 0 unspecified atom stereocenters. The highest BCUT2D eigenvalue weighted by atomic mass is 79.9. The summed E-state index contributed by atoms with van der Waals surface area (Å²) in [6, 6.07) is 0. The van der Waals surface area contributed by atoms with Crippen molar-refractivity contribution in [1.82, 2.24) is 0 Å². The Hall–Kier alpha value is 1.40. The summed E-state index contributed by atoms with van der Waals surface area (Å²) in [5.41, 5.74) is -0.498. The number of alkyl halides is 3. The first-order chi connectivity index (χ1) is 4.63. The van der Waals surface area contributed by atoms with Gasteiger partial charge in [0.05, 0.1) is 5.41 Å².